The number of carbonyl (C=O) groups excluding carboxylic acids is 1. The van der Waals surface area contributed by atoms with Crippen LogP contribution in [0.5, 0.6) is 0 Å². The molecule has 1 fully saturated rings. The molecule has 2 aromatic heterocycles. The molecular formula is C22H22ClN3O4S. The number of hydrogen-bond donors (Lipinski definition) is 0. The molecule has 162 valence electrons. The van der Waals surface area contributed by atoms with Crippen LogP contribution < -0.4 is 5.56 Å². The van der Waals surface area contributed by atoms with Crippen LogP contribution in [0.25, 0.3) is 17.1 Å². The largest absolute Gasteiger partial charge is 0.460 e. The Labute approximate surface area is 188 Å². The maximum absolute atomic E-state index is 12.7. The molecule has 1 saturated heterocycles. The van der Waals surface area contributed by atoms with Gasteiger partial charge in [-0.1, -0.05) is 58.8 Å². The van der Waals surface area contributed by atoms with Gasteiger partial charge >= 0.3 is 5.97 Å². The van der Waals surface area contributed by atoms with E-state index in [1.54, 1.807) is 6.08 Å². The lowest BCUT2D eigenvalue weighted by Gasteiger charge is -2.26. The number of halogens is 1. The summed E-state index contributed by atoms with van der Waals surface area (Å²) in [6, 6.07) is 7.95. The van der Waals surface area contributed by atoms with Crippen molar-refractivity contribution in [3.05, 3.63) is 67.5 Å². The van der Waals surface area contributed by atoms with E-state index in [2.05, 4.69) is 9.88 Å². The minimum absolute atomic E-state index is 0.00546. The van der Waals surface area contributed by atoms with Crippen molar-refractivity contribution in [2.75, 3.05) is 39.5 Å². The van der Waals surface area contributed by atoms with Gasteiger partial charge in [0, 0.05) is 25.8 Å². The number of fused-ring (bicyclic) bond motifs is 1. The normalized spacial score (nSPS) is 15.0. The standard InChI is InChI=1S/C22H22ClN3O4S/c1-15-2-4-16(5-3-15)6-7-17-19(23)20(27)26-14-18(31-22(26)24-17)21(28)30-13-10-25-8-11-29-12-9-25/h2-7,14H,8-13H2,1H3. The molecule has 1 aliphatic heterocycles. The molecule has 1 aromatic carbocycles. The number of aromatic nitrogens is 2. The zero-order chi connectivity index (χ0) is 21.8. The van der Waals surface area contributed by atoms with Gasteiger partial charge in [-0.3, -0.25) is 14.1 Å². The first-order valence-electron chi connectivity index (χ1n) is 9.95. The number of rotatable bonds is 6. The third-order valence-corrected chi connectivity index (χ3v) is 6.28. The van der Waals surface area contributed by atoms with Gasteiger partial charge in [0.25, 0.3) is 5.56 Å². The average Bonchev–Trinajstić information content (AvgIpc) is 3.21. The van der Waals surface area contributed by atoms with Crippen LogP contribution in [-0.2, 0) is 9.47 Å². The van der Waals surface area contributed by atoms with Crippen LogP contribution in [0, 0.1) is 6.92 Å². The van der Waals surface area contributed by atoms with Gasteiger partial charge < -0.3 is 9.47 Å². The SMILES string of the molecule is Cc1ccc(C=Cc2nc3sc(C(=O)OCCN4CCOCC4)cn3c(=O)c2Cl)cc1. The summed E-state index contributed by atoms with van der Waals surface area (Å²) in [7, 11) is 0. The highest BCUT2D eigenvalue weighted by atomic mass is 35.5. The van der Waals surface area contributed by atoms with Crippen molar-refractivity contribution in [1.29, 1.82) is 0 Å². The molecule has 4 rings (SSSR count). The van der Waals surface area contributed by atoms with Crippen molar-refractivity contribution in [2.24, 2.45) is 0 Å². The van der Waals surface area contributed by atoms with Crippen molar-refractivity contribution >= 4 is 46.0 Å². The number of aryl methyl sites for hydroxylation is 1. The predicted molar refractivity (Wildman–Crippen MR) is 122 cm³/mol. The van der Waals surface area contributed by atoms with E-state index in [0.717, 1.165) is 35.6 Å². The smallest absolute Gasteiger partial charge is 0.350 e. The molecule has 0 saturated carbocycles. The zero-order valence-corrected chi connectivity index (χ0v) is 18.6. The molecular weight excluding hydrogens is 438 g/mol. The van der Waals surface area contributed by atoms with E-state index >= 15 is 0 Å². The van der Waals surface area contributed by atoms with Crippen LogP contribution in [0.3, 0.4) is 0 Å². The van der Waals surface area contributed by atoms with Gasteiger partial charge in [-0.05, 0) is 18.6 Å². The number of carbonyl (C=O) groups is 1. The van der Waals surface area contributed by atoms with E-state index in [4.69, 9.17) is 21.1 Å². The first-order valence-corrected chi connectivity index (χ1v) is 11.1. The molecule has 0 spiro atoms. The van der Waals surface area contributed by atoms with Crippen molar-refractivity contribution in [1.82, 2.24) is 14.3 Å². The number of ether oxygens (including phenoxy) is 2. The third kappa shape index (κ3) is 5.22. The lowest BCUT2D eigenvalue weighted by molar-refractivity contribution is 0.0197. The quantitative estimate of drug-likeness (QED) is 0.526. The number of thiazole rings is 1. The van der Waals surface area contributed by atoms with E-state index in [0.29, 0.717) is 35.3 Å². The van der Waals surface area contributed by atoms with Gasteiger partial charge in [-0.15, -0.1) is 0 Å². The lowest BCUT2D eigenvalue weighted by atomic mass is 10.1. The molecule has 9 heteroatoms. The Morgan fingerprint density at radius 1 is 1.26 bits per heavy atom. The highest BCUT2D eigenvalue weighted by Crippen LogP contribution is 2.20. The summed E-state index contributed by atoms with van der Waals surface area (Å²) in [5.41, 5.74) is 2.08. The lowest BCUT2D eigenvalue weighted by Crippen LogP contribution is -2.38. The second kappa shape index (κ2) is 9.74. The molecule has 0 amide bonds. The fourth-order valence-electron chi connectivity index (χ4n) is 3.16. The molecule has 3 aromatic rings. The van der Waals surface area contributed by atoms with Gasteiger partial charge in [-0.25, -0.2) is 9.78 Å². The third-order valence-electron chi connectivity index (χ3n) is 4.96. The highest BCUT2D eigenvalue weighted by molar-refractivity contribution is 7.18. The number of esters is 1. The first kappa shape index (κ1) is 21.7. The molecule has 0 N–H and O–H groups in total. The second-order valence-corrected chi connectivity index (χ2v) is 8.59. The molecule has 0 bridgehead atoms. The molecule has 0 unspecified atom stereocenters. The summed E-state index contributed by atoms with van der Waals surface area (Å²) < 4.78 is 12.0. The average molecular weight is 460 g/mol. The van der Waals surface area contributed by atoms with E-state index in [-0.39, 0.29) is 11.6 Å². The molecule has 31 heavy (non-hydrogen) atoms. The number of nitrogens with zero attached hydrogens (tertiary/aromatic N) is 3. The van der Waals surface area contributed by atoms with E-state index < -0.39 is 11.5 Å². The van der Waals surface area contributed by atoms with Crippen LogP contribution in [0.1, 0.15) is 26.5 Å². The van der Waals surface area contributed by atoms with Gasteiger partial charge in [0.15, 0.2) is 4.96 Å². The number of benzene rings is 1. The Morgan fingerprint density at radius 2 is 2.00 bits per heavy atom. The van der Waals surface area contributed by atoms with Crippen molar-refractivity contribution in [2.45, 2.75) is 6.92 Å². The Balaban J connectivity index is 1.49. The monoisotopic (exact) mass is 459 g/mol. The van der Waals surface area contributed by atoms with Gasteiger partial charge in [-0.2, -0.15) is 0 Å². The maximum atomic E-state index is 12.7. The Kier molecular flexibility index (Phi) is 6.82. The maximum Gasteiger partial charge on any atom is 0.350 e. The van der Waals surface area contributed by atoms with Crippen molar-refractivity contribution in [3.8, 4) is 0 Å². The predicted octanol–water partition coefficient (Wildman–Crippen LogP) is 3.38. The fraction of sp³-hybridized carbons (Fsp3) is 0.318. The van der Waals surface area contributed by atoms with E-state index in [1.807, 2.05) is 37.3 Å². The molecule has 7 nitrogen and oxygen atoms in total. The topological polar surface area (TPSA) is 73.1 Å². The van der Waals surface area contributed by atoms with E-state index in [1.165, 1.54) is 10.6 Å². The summed E-state index contributed by atoms with van der Waals surface area (Å²) in [6.07, 6.45) is 4.98. The number of hydrogen-bond acceptors (Lipinski definition) is 7. The van der Waals surface area contributed by atoms with Crippen LogP contribution in [0.4, 0.5) is 0 Å². The summed E-state index contributed by atoms with van der Waals surface area (Å²) in [5, 5.41) is 0.00546. The molecule has 0 radical (unpaired) electrons. The van der Waals surface area contributed by atoms with Gasteiger partial charge in [0.2, 0.25) is 0 Å². The minimum Gasteiger partial charge on any atom is -0.460 e. The highest BCUT2D eigenvalue weighted by Gasteiger charge is 2.17. The van der Waals surface area contributed by atoms with E-state index in [9.17, 15) is 9.59 Å². The molecule has 0 aliphatic carbocycles. The first-order chi connectivity index (χ1) is 15.0. The van der Waals surface area contributed by atoms with Crippen LogP contribution in [-0.4, -0.2) is 59.7 Å². The van der Waals surface area contributed by atoms with Gasteiger partial charge in [0.1, 0.15) is 16.5 Å². The van der Waals surface area contributed by atoms with Crippen LogP contribution in [0.2, 0.25) is 5.02 Å². The summed E-state index contributed by atoms with van der Waals surface area (Å²) in [4.78, 5) is 32.4. The Hall–Kier alpha value is -2.52. The second-order valence-electron chi connectivity index (χ2n) is 7.20. The number of morpholine rings is 1. The van der Waals surface area contributed by atoms with Gasteiger partial charge in [0.05, 0.1) is 18.9 Å². The fourth-order valence-corrected chi connectivity index (χ4v) is 4.23. The summed E-state index contributed by atoms with van der Waals surface area (Å²) in [6.45, 7) is 6.00. The van der Waals surface area contributed by atoms with Crippen molar-refractivity contribution in [3.63, 3.8) is 0 Å². The van der Waals surface area contributed by atoms with Crippen molar-refractivity contribution < 1.29 is 14.3 Å². The molecule has 0 atom stereocenters. The molecule has 1 aliphatic rings. The Bertz CT molecular complexity index is 1160. The summed E-state index contributed by atoms with van der Waals surface area (Å²) in [5.74, 6) is -0.476. The Morgan fingerprint density at radius 3 is 2.74 bits per heavy atom. The van der Waals surface area contributed by atoms with Crippen LogP contribution >= 0.6 is 22.9 Å². The minimum atomic E-state index is -0.476. The van der Waals surface area contributed by atoms with Crippen LogP contribution in [0.15, 0.2) is 35.3 Å². The molecule has 3 heterocycles. The summed E-state index contributed by atoms with van der Waals surface area (Å²) >= 11 is 7.35. The zero-order valence-electron chi connectivity index (χ0n) is 17.0.